The molecule has 4 rings (SSSR count). The lowest BCUT2D eigenvalue weighted by molar-refractivity contribution is 0.529. The maximum Gasteiger partial charge on any atom is 0.0909 e. The van der Waals surface area contributed by atoms with E-state index < -0.39 is 0 Å². The molecule has 0 aliphatic carbocycles. The number of thioether (sulfide) groups is 1. The summed E-state index contributed by atoms with van der Waals surface area (Å²) in [6.07, 6.45) is 2.44. The van der Waals surface area contributed by atoms with E-state index >= 15 is 0 Å². The molecule has 3 aromatic rings. The van der Waals surface area contributed by atoms with Crippen LogP contribution >= 0.6 is 11.8 Å². The summed E-state index contributed by atoms with van der Waals surface area (Å²) in [5.41, 5.74) is 4.09. The van der Waals surface area contributed by atoms with Gasteiger partial charge in [-0.05, 0) is 42.6 Å². The number of nitrogens with one attached hydrogen (secondary N) is 1. The summed E-state index contributed by atoms with van der Waals surface area (Å²) in [6.45, 7) is 2.23. The lowest BCUT2D eigenvalue weighted by Crippen LogP contribution is -2.34. The molecule has 1 aliphatic heterocycles. The largest absolute Gasteiger partial charge is 0.317 e. The van der Waals surface area contributed by atoms with Gasteiger partial charge in [-0.25, -0.2) is 0 Å². The van der Waals surface area contributed by atoms with E-state index in [0.29, 0.717) is 5.25 Å². The van der Waals surface area contributed by atoms with Crippen LogP contribution in [-0.4, -0.2) is 18.3 Å². The molecule has 26 heavy (non-hydrogen) atoms. The van der Waals surface area contributed by atoms with E-state index in [2.05, 4.69) is 108 Å². The van der Waals surface area contributed by atoms with Crippen LogP contribution in [0.25, 0.3) is 0 Å². The van der Waals surface area contributed by atoms with Crippen molar-refractivity contribution in [1.82, 2.24) is 5.32 Å². The molecule has 0 radical (unpaired) electrons. The molecule has 0 aromatic heterocycles. The smallest absolute Gasteiger partial charge is 0.0909 e. The summed E-state index contributed by atoms with van der Waals surface area (Å²) in [4.78, 5) is 0. The summed E-state index contributed by atoms with van der Waals surface area (Å²) in [5.74, 6) is 0. The van der Waals surface area contributed by atoms with Gasteiger partial charge in [0.15, 0.2) is 0 Å². The summed E-state index contributed by atoms with van der Waals surface area (Å²) in [7, 11) is 0. The molecule has 1 N–H and O–H groups in total. The van der Waals surface area contributed by atoms with Crippen molar-refractivity contribution in [2.75, 3.05) is 13.1 Å². The third-order valence-electron chi connectivity index (χ3n) is 5.17. The van der Waals surface area contributed by atoms with Crippen molar-refractivity contribution in [3.8, 4) is 0 Å². The Hall–Kier alpha value is -2.03. The van der Waals surface area contributed by atoms with Gasteiger partial charge >= 0.3 is 0 Å². The highest BCUT2D eigenvalue weighted by molar-refractivity contribution is 8.01. The fraction of sp³-hybridized carbons (Fsp3) is 0.250. The third kappa shape index (κ3) is 3.44. The highest BCUT2D eigenvalue weighted by atomic mass is 32.2. The SMILES string of the molecule is c1ccc(C(SC2CCNCC2)(c2ccccc2)c2ccccc2)cc1. The van der Waals surface area contributed by atoms with Crippen molar-refractivity contribution >= 4 is 11.8 Å². The molecule has 1 nitrogen and oxygen atoms in total. The van der Waals surface area contributed by atoms with Gasteiger partial charge in [0.05, 0.1) is 4.75 Å². The predicted octanol–water partition coefficient (Wildman–Crippen LogP) is 5.46. The topological polar surface area (TPSA) is 12.0 Å². The number of benzene rings is 3. The first-order valence-corrected chi connectivity index (χ1v) is 10.3. The Labute approximate surface area is 160 Å². The molecule has 1 heterocycles. The van der Waals surface area contributed by atoms with E-state index in [1.807, 2.05) is 0 Å². The monoisotopic (exact) mass is 359 g/mol. The Kier molecular flexibility index (Phi) is 5.42. The minimum absolute atomic E-state index is 0.175. The first-order valence-electron chi connectivity index (χ1n) is 9.45. The fourth-order valence-electron chi connectivity index (χ4n) is 3.89. The molecule has 1 fully saturated rings. The Morgan fingerprint density at radius 3 is 1.38 bits per heavy atom. The summed E-state index contributed by atoms with van der Waals surface area (Å²) < 4.78 is -0.175. The average Bonchev–Trinajstić information content (AvgIpc) is 2.75. The minimum Gasteiger partial charge on any atom is -0.317 e. The standard InChI is InChI=1S/C24H25NS/c1-4-10-20(11-5-1)24(21-12-6-2-7-13-21,22-14-8-3-9-15-22)26-23-16-18-25-19-17-23/h1-15,23,25H,16-19H2. The number of hydrogen-bond acceptors (Lipinski definition) is 2. The van der Waals surface area contributed by atoms with Crippen molar-refractivity contribution < 1.29 is 0 Å². The van der Waals surface area contributed by atoms with Crippen molar-refractivity contribution in [2.45, 2.75) is 22.8 Å². The molecule has 1 aliphatic rings. The average molecular weight is 360 g/mol. The first kappa shape index (κ1) is 17.4. The second-order valence-corrected chi connectivity index (χ2v) is 8.36. The van der Waals surface area contributed by atoms with Crippen LogP contribution < -0.4 is 5.32 Å². The van der Waals surface area contributed by atoms with E-state index in [9.17, 15) is 0 Å². The summed E-state index contributed by atoms with van der Waals surface area (Å²) in [5, 5.41) is 4.16. The van der Waals surface area contributed by atoms with Gasteiger partial charge in [0.1, 0.15) is 0 Å². The highest BCUT2D eigenvalue weighted by Crippen LogP contribution is 2.51. The van der Waals surface area contributed by atoms with Gasteiger partial charge in [0, 0.05) is 5.25 Å². The molecule has 3 aromatic carbocycles. The van der Waals surface area contributed by atoms with Crippen LogP contribution in [0.1, 0.15) is 29.5 Å². The fourth-order valence-corrected chi connectivity index (χ4v) is 5.67. The zero-order valence-corrected chi connectivity index (χ0v) is 15.8. The van der Waals surface area contributed by atoms with E-state index in [1.54, 1.807) is 0 Å². The molecular formula is C24H25NS. The van der Waals surface area contributed by atoms with Crippen LogP contribution in [0.3, 0.4) is 0 Å². The molecule has 0 unspecified atom stereocenters. The molecule has 0 bridgehead atoms. The predicted molar refractivity (Wildman–Crippen MR) is 113 cm³/mol. The Bertz CT molecular complexity index is 699. The van der Waals surface area contributed by atoms with Crippen LogP contribution in [0.5, 0.6) is 0 Å². The van der Waals surface area contributed by atoms with Gasteiger partial charge < -0.3 is 5.32 Å². The normalized spacial score (nSPS) is 15.7. The van der Waals surface area contributed by atoms with Gasteiger partial charge in [-0.15, -0.1) is 11.8 Å². The van der Waals surface area contributed by atoms with Crippen LogP contribution in [-0.2, 0) is 4.75 Å². The van der Waals surface area contributed by atoms with Crippen molar-refractivity contribution in [3.05, 3.63) is 108 Å². The molecule has 2 heteroatoms. The second-order valence-electron chi connectivity index (χ2n) is 6.85. The van der Waals surface area contributed by atoms with Crippen molar-refractivity contribution in [2.24, 2.45) is 0 Å². The number of piperidine rings is 1. The lowest BCUT2D eigenvalue weighted by Gasteiger charge is -2.39. The van der Waals surface area contributed by atoms with Crippen LogP contribution in [0, 0.1) is 0 Å². The molecule has 0 amide bonds. The molecule has 0 saturated carbocycles. The summed E-state index contributed by atoms with van der Waals surface area (Å²) >= 11 is 2.13. The molecular weight excluding hydrogens is 334 g/mol. The van der Waals surface area contributed by atoms with Gasteiger partial charge in [-0.3, -0.25) is 0 Å². The third-order valence-corrected chi connectivity index (χ3v) is 7.04. The first-order chi connectivity index (χ1) is 12.9. The minimum atomic E-state index is -0.175. The molecule has 1 saturated heterocycles. The van der Waals surface area contributed by atoms with Gasteiger partial charge in [0.2, 0.25) is 0 Å². The van der Waals surface area contributed by atoms with Gasteiger partial charge in [0.25, 0.3) is 0 Å². The Morgan fingerprint density at radius 2 is 1.00 bits per heavy atom. The Morgan fingerprint density at radius 1 is 0.615 bits per heavy atom. The zero-order chi connectivity index (χ0) is 17.7. The van der Waals surface area contributed by atoms with E-state index in [1.165, 1.54) is 29.5 Å². The molecule has 0 atom stereocenters. The quantitative estimate of drug-likeness (QED) is 0.607. The zero-order valence-electron chi connectivity index (χ0n) is 15.0. The van der Waals surface area contributed by atoms with Crippen molar-refractivity contribution in [1.29, 1.82) is 0 Å². The van der Waals surface area contributed by atoms with E-state index in [4.69, 9.17) is 0 Å². The van der Waals surface area contributed by atoms with Gasteiger partial charge in [-0.1, -0.05) is 91.0 Å². The maximum absolute atomic E-state index is 3.51. The molecule has 0 spiro atoms. The summed E-state index contributed by atoms with van der Waals surface area (Å²) in [6, 6.07) is 33.0. The number of rotatable bonds is 5. The van der Waals surface area contributed by atoms with Crippen molar-refractivity contribution in [3.63, 3.8) is 0 Å². The maximum atomic E-state index is 3.51. The van der Waals surface area contributed by atoms with Crippen LogP contribution in [0.15, 0.2) is 91.0 Å². The van der Waals surface area contributed by atoms with Gasteiger partial charge in [-0.2, -0.15) is 0 Å². The van der Waals surface area contributed by atoms with Crippen LogP contribution in [0.4, 0.5) is 0 Å². The highest BCUT2D eigenvalue weighted by Gasteiger charge is 2.39. The van der Waals surface area contributed by atoms with E-state index in [-0.39, 0.29) is 4.75 Å². The second kappa shape index (κ2) is 8.11. The number of hydrogen-bond donors (Lipinski definition) is 1. The lowest BCUT2D eigenvalue weighted by atomic mass is 9.84. The molecule has 132 valence electrons. The van der Waals surface area contributed by atoms with Crippen LogP contribution in [0.2, 0.25) is 0 Å². The van der Waals surface area contributed by atoms with E-state index in [0.717, 1.165) is 13.1 Å². The Balaban J connectivity index is 1.90.